The lowest BCUT2D eigenvalue weighted by molar-refractivity contribution is -0.119. The Morgan fingerprint density at radius 3 is 2.92 bits per heavy atom. The lowest BCUT2D eigenvalue weighted by Crippen LogP contribution is -2.47. The normalized spacial score (nSPS) is 17.4. The number of halogens is 1. The number of likely N-dealkylation sites (tertiary alicyclic amines) is 1. The Labute approximate surface area is 173 Å². The van der Waals surface area contributed by atoms with Gasteiger partial charge in [0.25, 0.3) is 0 Å². The molecule has 1 fully saturated rings. The summed E-state index contributed by atoms with van der Waals surface area (Å²) in [6.45, 7) is 5.22. The van der Waals surface area contributed by atoms with E-state index in [4.69, 9.17) is 10.7 Å². The van der Waals surface area contributed by atoms with Crippen molar-refractivity contribution in [2.45, 2.75) is 32.7 Å². The standard InChI is InChI=1S/C18H30N6O.HI/c1-4-20-18(24-10-6-7-14(13-24)11-16(19)25)22-12-15-8-5-9-21-17(15)23(2)3;/h5,8-9,14H,4,6-7,10-13H2,1-3H3,(H2,19,25)(H,20,22);1H. The zero-order chi connectivity index (χ0) is 18.2. The van der Waals surface area contributed by atoms with Gasteiger partial charge < -0.3 is 20.9 Å². The van der Waals surface area contributed by atoms with Crippen LogP contribution in [0.15, 0.2) is 23.3 Å². The third-order valence-corrected chi connectivity index (χ3v) is 4.33. The summed E-state index contributed by atoms with van der Waals surface area (Å²) in [5.41, 5.74) is 6.46. The first-order valence-corrected chi connectivity index (χ1v) is 8.94. The SMILES string of the molecule is CCNC(=NCc1cccnc1N(C)C)N1CCCC(CC(N)=O)C1.I. The lowest BCUT2D eigenvalue weighted by atomic mass is 9.95. The Morgan fingerprint density at radius 2 is 2.27 bits per heavy atom. The van der Waals surface area contributed by atoms with Crippen molar-refractivity contribution in [2.75, 3.05) is 38.6 Å². The summed E-state index contributed by atoms with van der Waals surface area (Å²) in [5.74, 6) is 1.92. The number of nitrogens with one attached hydrogen (secondary N) is 1. The monoisotopic (exact) mass is 474 g/mol. The van der Waals surface area contributed by atoms with Crippen molar-refractivity contribution in [3.8, 4) is 0 Å². The molecule has 1 saturated heterocycles. The summed E-state index contributed by atoms with van der Waals surface area (Å²) in [6.07, 6.45) is 4.35. The molecule has 2 heterocycles. The number of anilines is 1. The molecule has 7 nitrogen and oxygen atoms in total. The largest absolute Gasteiger partial charge is 0.370 e. The van der Waals surface area contributed by atoms with Gasteiger partial charge in [0.1, 0.15) is 5.82 Å². The fraction of sp³-hybridized carbons (Fsp3) is 0.611. The zero-order valence-corrected chi connectivity index (χ0v) is 18.3. The van der Waals surface area contributed by atoms with Crippen LogP contribution in [-0.4, -0.2) is 55.5 Å². The quantitative estimate of drug-likeness (QED) is 0.373. The molecular weight excluding hydrogens is 443 g/mol. The highest BCUT2D eigenvalue weighted by molar-refractivity contribution is 14.0. The molecular formula is C18H31IN6O. The molecule has 1 aliphatic rings. The number of hydrogen-bond donors (Lipinski definition) is 2. The number of nitrogens with two attached hydrogens (primary N) is 1. The predicted octanol–water partition coefficient (Wildman–Crippen LogP) is 1.82. The third kappa shape index (κ3) is 6.62. The molecule has 8 heteroatoms. The van der Waals surface area contributed by atoms with Crippen molar-refractivity contribution >= 4 is 41.7 Å². The molecule has 26 heavy (non-hydrogen) atoms. The number of carbonyl (C=O) groups excluding carboxylic acids is 1. The summed E-state index contributed by atoms with van der Waals surface area (Å²) < 4.78 is 0. The maximum Gasteiger partial charge on any atom is 0.217 e. The summed E-state index contributed by atoms with van der Waals surface area (Å²) in [6, 6.07) is 4.00. The van der Waals surface area contributed by atoms with Crippen molar-refractivity contribution in [2.24, 2.45) is 16.6 Å². The molecule has 2 rings (SSSR count). The van der Waals surface area contributed by atoms with Gasteiger partial charge in [-0.2, -0.15) is 0 Å². The number of nitrogens with zero attached hydrogens (tertiary/aromatic N) is 4. The van der Waals surface area contributed by atoms with Gasteiger partial charge in [-0.15, -0.1) is 24.0 Å². The Hall–Kier alpha value is -1.58. The van der Waals surface area contributed by atoms with Gasteiger partial charge in [0.2, 0.25) is 5.91 Å². The fourth-order valence-corrected chi connectivity index (χ4v) is 3.25. The van der Waals surface area contributed by atoms with E-state index in [9.17, 15) is 4.79 Å². The van der Waals surface area contributed by atoms with Crippen molar-refractivity contribution in [3.05, 3.63) is 23.9 Å². The van der Waals surface area contributed by atoms with Crippen LogP contribution in [-0.2, 0) is 11.3 Å². The summed E-state index contributed by atoms with van der Waals surface area (Å²) in [4.78, 5) is 24.7. The topological polar surface area (TPSA) is 86.8 Å². The first-order valence-electron chi connectivity index (χ1n) is 8.94. The second-order valence-corrected chi connectivity index (χ2v) is 6.68. The Bertz CT molecular complexity index is 607. The van der Waals surface area contributed by atoms with E-state index >= 15 is 0 Å². The average Bonchev–Trinajstić information content (AvgIpc) is 2.58. The maximum atomic E-state index is 11.2. The van der Waals surface area contributed by atoms with E-state index in [1.54, 1.807) is 6.20 Å². The molecule has 1 aromatic heterocycles. The lowest BCUT2D eigenvalue weighted by Gasteiger charge is -2.34. The van der Waals surface area contributed by atoms with E-state index in [0.717, 1.165) is 49.8 Å². The van der Waals surface area contributed by atoms with Crippen molar-refractivity contribution in [1.29, 1.82) is 0 Å². The molecule has 1 atom stereocenters. The molecule has 1 aliphatic heterocycles. The highest BCUT2D eigenvalue weighted by atomic mass is 127. The molecule has 0 spiro atoms. The Balaban J connectivity index is 0.00000338. The first-order chi connectivity index (χ1) is 12.0. The third-order valence-electron chi connectivity index (χ3n) is 4.33. The minimum atomic E-state index is -0.222. The van der Waals surface area contributed by atoms with Crippen LogP contribution in [0.1, 0.15) is 31.7 Å². The maximum absolute atomic E-state index is 11.2. The molecule has 3 N–H and O–H groups in total. The molecule has 0 bridgehead atoms. The van der Waals surface area contributed by atoms with E-state index in [1.807, 2.05) is 25.1 Å². The molecule has 1 amide bonds. The smallest absolute Gasteiger partial charge is 0.217 e. The number of aromatic nitrogens is 1. The molecule has 0 aromatic carbocycles. The summed E-state index contributed by atoms with van der Waals surface area (Å²) >= 11 is 0. The Kier molecular flexibility index (Phi) is 9.68. The van der Waals surface area contributed by atoms with Crippen LogP contribution >= 0.6 is 24.0 Å². The van der Waals surface area contributed by atoms with Crippen molar-refractivity contribution < 1.29 is 4.79 Å². The molecule has 1 aromatic rings. The number of amides is 1. The van der Waals surface area contributed by atoms with E-state index in [2.05, 4.69) is 28.2 Å². The minimum Gasteiger partial charge on any atom is -0.370 e. The van der Waals surface area contributed by atoms with E-state index < -0.39 is 0 Å². The number of piperidine rings is 1. The van der Waals surface area contributed by atoms with Gasteiger partial charge in [-0.05, 0) is 31.7 Å². The van der Waals surface area contributed by atoms with Gasteiger partial charge in [0.05, 0.1) is 6.54 Å². The van der Waals surface area contributed by atoms with Gasteiger partial charge in [0.15, 0.2) is 5.96 Å². The van der Waals surface area contributed by atoms with Crippen molar-refractivity contribution in [3.63, 3.8) is 0 Å². The van der Waals surface area contributed by atoms with Gasteiger partial charge in [-0.25, -0.2) is 9.98 Å². The van der Waals surface area contributed by atoms with E-state index in [-0.39, 0.29) is 29.9 Å². The molecule has 0 radical (unpaired) electrons. The highest BCUT2D eigenvalue weighted by Crippen LogP contribution is 2.20. The second kappa shape index (κ2) is 11.2. The Morgan fingerprint density at radius 1 is 1.50 bits per heavy atom. The van der Waals surface area contributed by atoms with Gasteiger partial charge in [-0.1, -0.05) is 6.07 Å². The van der Waals surface area contributed by atoms with Crippen LogP contribution in [0.3, 0.4) is 0 Å². The summed E-state index contributed by atoms with van der Waals surface area (Å²) in [7, 11) is 3.97. The number of guanidine groups is 1. The first kappa shape index (κ1) is 22.5. The average molecular weight is 474 g/mol. The fourth-order valence-electron chi connectivity index (χ4n) is 3.25. The number of hydrogen-bond acceptors (Lipinski definition) is 4. The molecule has 146 valence electrons. The van der Waals surface area contributed by atoms with Crippen LogP contribution in [0.4, 0.5) is 5.82 Å². The highest BCUT2D eigenvalue weighted by Gasteiger charge is 2.23. The van der Waals surface area contributed by atoms with Gasteiger partial charge in [0, 0.05) is 51.9 Å². The van der Waals surface area contributed by atoms with E-state index in [1.165, 1.54) is 0 Å². The zero-order valence-electron chi connectivity index (χ0n) is 15.9. The molecule has 1 unspecified atom stereocenters. The number of pyridine rings is 1. The van der Waals surface area contributed by atoms with Gasteiger partial charge >= 0.3 is 0 Å². The van der Waals surface area contributed by atoms with Crippen LogP contribution in [0.2, 0.25) is 0 Å². The second-order valence-electron chi connectivity index (χ2n) is 6.68. The molecule has 0 saturated carbocycles. The van der Waals surface area contributed by atoms with Crippen LogP contribution in [0.5, 0.6) is 0 Å². The summed E-state index contributed by atoms with van der Waals surface area (Å²) in [5, 5.41) is 3.37. The van der Waals surface area contributed by atoms with Gasteiger partial charge in [-0.3, -0.25) is 4.79 Å². The molecule has 0 aliphatic carbocycles. The number of rotatable bonds is 6. The van der Waals surface area contributed by atoms with Crippen molar-refractivity contribution in [1.82, 2.24) is 15.2 Å². The number of primary amides is 1. The minimum absolute atomic E-state index is 0. The van der Waals surface area contributed by atoms with Crippen LogP contribution in [0, 0.1) is 5.92 Å². The number of aliphatic imine (C=N–C) groups is 1. The van der Waals surface area contributed by atoms with Crippen LogP contribution < -0.4 is 16.0 Å². The van der Waals surface area contributed by atoms with E-state index in [0.29, 0.717) is 18.9 Å². The van der Waals surface area contributed by atoms with Crippen LogP contribution in [0.25, 0.3) is 0 Å². The number of carbonyl (C=O) groups is 1. The predicted molar refractivity (Wildman–Crippen MR) is 117 cm³/mol.